The molecule has 0 aromatic heterocycles. The molecule has 0 aliphatic carbocycles. The highest BCUT2D eigenvalue weighted by atomic mass is 19.1. The Kier molecular flexibility index (Phi) is 6.03. The minimum Gasteiger partial charge on any atom is -0.490 e. The van der Waals surface area contributed by atoms with Crippen molar-refractivity contribution in [1.82, 2.24) is 9.80 Å². The van der Waals surface area contributed by atoms with Crippen LogP contribution in [0.3, 0.4) is 0 Å². The van der Waals surface area contributed by atoms with E-state index in [0.29, 0.717) is 30.8 Å². The van der Waals surface area contributed by atoms with Crippen molar-refractivity contribution in [3.8, 4) is 5.75 Å². The predicted octanol–water partition coefficient (Wildman–Crippen LogP) is 1.32. The van der Waals surface area contributed by atoms with Gasteiger partial charge in [0, 0.05) is 39.1 Å². The second-order valence-electron chi connectivity index (χ2n) is 7.82. The van der Waals surface area contributed by atoms with E-state index >= 15 is 0 Å². The van der Waals surface area contributed by atoms with E-state index in [9.17, 15) is 19.4 Å². The minimum atomic E-state index is -1.38. The zero-order valence-electron chi connectivity index (χ0n) is 16.0. The fourth-order valence-electron chi connectivity index (χ4n) is 4.01. The van der Waals surface area contributed by atoms with Crippen LogP contribution in [0.2, 0.25) is 0 Å². The molecule has 0 spiro atoms. The van der Waals surface area contributed by atoms with Crippen LogP contribution in [0.5, 0.6) is 5.75 Å². The zero-order chi connectivity index (χ0) is 19.6. The Balaban J connectivity index is 1.60. The molecule has 2 atom stereocenters. The number of aliphatic hydroxyl groups is 2. The lowest BCUT2D eigenvalue weighted by Gasteiger charge is -2.47. The number of hydrogen-bond acceptors (Lipinski definition) is 5. The third kappa shape index (κ3) is 4.59. The summed E-state index contributed by atoms with van der Waals surface area (Å²) in [6.07, 6.45) is 1.33. The number of rotatable bonds is 4. The number of carbonyl (C=O) groups excluding carboxylic acids is 1. The number of halogens is 1. The highest BCUT2D eigenvalue weighted by molar-refractivity contribution is 5.73. The first-order valence-corrected chi connectivity index (χ1v) is 9.57. The first-order valence-electron chi connectivity index (χ1n) is 9.57. The van der Waals surface area contributed by atoms with E-state index in [0.717, 1.165) is 25.9 Å². The average Bonchev–Trinajstić information content (AvgIpc) is 2.65. The van der Waals surface area contributed by atoms with Gasteiger partial charge in [-0.05, 0) is 49.9 Å². The van der Waals surface area contributed by atoms with E-state index in [1.807, 2.05) is 4.90 Å². The van der Waals surface area contributed by atoms with Gasteiger partial charge in [-0.15, -0.1) is 0 Å². The van der Waals surface area contributed by atoms with Gasteiger partial charge >= 0.3 is 0 Å². The molecular weight excluding hydrogens is 351 g/mol. The summed E-state index contributed by atoms with van der Waals surface area (Å²) in [7, 11) is 0. The Bertz CT molecular complexity index is 678. The fourth-order valence-corrected chi connectivity index (χ4v) is 4.01. The molecular formula is C20H29FN2O4. The minimum absolute atomic E-state index is 0.0535. The molecule has 150 valence electrons. The molecule has 2 saturated heterocycles. The lowest BCUT2D eigenvalue weighted by atomic mass is 9.88. The number of carbonyl (C=O) groups is 1. The van der Waals surface area contributed by atoms with Crippen LogP contribution in [0.25, 0.3) is 0 Å². The maximum Gasteiger partial charge on any atom is 0.219 e. The Morgan fingerprint density at radius 2 is 2.00 bits per heavy atom. The van der Waals surface area contributed by atoms with Crippen molar-refractivity contribution in [2.24, 2.45) is 0 Å². The van der Waals surface area contributed by atoms with Gasteiger partial charge in [0.2, 0.25) is 5.91 Å². The van der Waals surface area contributed by atoms with Gasteiger partial charge in [0.25, 0.3) is 0 Å². The van der Waals surface area contributed by atoms with Crippen LogP contribution in [0.1, 0.15) is 31.7 Å². The van der Waals surface area contributed by atoms with Crippen molar-refractivity contribution < 1.29 is 24.1 Å². The van der Waals surface area contributed by atoms with E-state index in [4.69, 9.17) is 4.74 Å². The highest BCUT2D eigenvalue weighted by Gasteiger charge is 2.44. The van der Waals surface area contributed by atoms with Crippen LogP contribution in [0, 0.1) is 12.7 Å². The maximum atomic E-state index is 13.4. The van der Waals surface area contributed by atoms with Crippen molar-refractivity contribution >= 4 is 5.91 Å². The summed E-state index contributed by atoms with van der Waals surface area (Å²) in [6.45, 7) is 5.67. The lowest BCUT2D eigenvalue weighted by Crippen LogP contribution is -2.62. The van der Waals surface area contributed by atoms with Crippen LogP contribution >= 0.6 is 0 Å². The molecule has 2 aliphatic heterocycles. The number of aliphatic hydroxyl groups excluding tert-OH is 1. The summed E-state index contributed by atoms with van der Waals surface area (Å²) in [5, 5.41) is 21.4. The van der Waals surface area contributed by atoms with Crippen LogP contribution in [0.4, 0.5) is 4.39 Å². The summed E-state index contributed by atoms with van der Waals surface area (Å²) >= 11 is 0. The number of amides is 1. The zero-order valence-corrected chi connectivity index (χ0v) is 16.0. The highest BCUT2D eigenvalue weighted by Crippen LogP contribution is 2.28. The Labute approximate surface area is 159 Å². The number of hydrogen-bond donors (Lipinski definition) is 2. The number of ether oxygens (including phenoxy) is 1. The topological polar surface area (TPSA) is 73.2 Å². The second kappa shape index (κ2) is 8.12. The number of aryl methyl sites for hydroxylation is 1. The lowest BCUT2D eigenvalue weighted by molar-refractivity contribution is -0.149. The van der Waals surface area contributed by atoms with Crippen LogP contribution in [-0.2, 0) is 4.79 Å². The van der Waals surface area contributed by atoms with Gasteiger partial charge in [0.1, 0.15) is 23.8 Å². The molecule has 3 rings (SSSR count). The third-order valence-corrected chi connectivity index (χ3v) is 5.83. The van der Waals surface area contributed by atoms with E-state index in [2.05, 4.69) is 4.90 Å². The van der Waals surface area contributed by atoms with Crippen molar-refractivity contribution in [1.29, 1.82) is 0 Å². The first kappa shape index (κ1) is 20.0. The molecule has 0 unspecified atom stereocenters. The molecule has 0 saturated carbocycles. The van der Waals surface area contributed by atoms with Crippen LogP contribution in [0.15, 0.2) is 18.2 Å². The van der Waals surface area contributed by atoms with Crippen LogP contribution < -0.4 is 4.74 Å². The molecule has 0 bridgehead atoms. The number of β-amino-alcohol motifs (C(OH)–C–C–N with tert-alkyl or cyclic N) is 1. The third-order valence-electron chi connectivity index (χ3n) is 5.83. The normalized spacial score (nSPS) is 27.6. The second-order valence-corrected chi connectivity index (χ2v) is 7.82. The largest absolute Gasteiger partial charge is 0.490 e. The van der Waals surface area contributed by atoms with Crippen molar-refractivity contribution in [3.05, 3.63) is 29.6 Å². The van der Waals surface area contributed by atoms with Gasteiger partial charge < -0.3 is 19.8 Å². The van der Waals surface area contributed by atoms with Crippen LogP contribution in [-0.4, -0.2) is 76.5 Å². The Morgan fingerprint density at radius 3 is 2.63 bits per heavy atom. The van der Waals surface area contributed by atoms with Gasteiger partial charge in [-0.3, -0.25) is 9.69 Å². The molecule has 7 heteroatoms. The monoisotopic (exact) mass is 380 g/mol. The fraction of sp³-hybridized carbons (Fsp3) is 0.650. The van der Waals surface area contributed by atoms with Gasteiger partial charge in [0.15, 0.2) is 0 Å². The van der Waals surface area contributed by atoms with Gasteiger partial charge in [-0.1, -0.05) is 0 Å². The summed E-state index contributed by atoms with van der Waals surface area (Å²) in [6, 6.07) is 4.73. The average molecular weight is 380 g/mol. The summed E-state index contributed by atoms with van der Waals surface area (Å²) < 4.78 is 19.1. The summed E-state index contributed by atoms with van der Waals surface area (Å²) in [5.74, 6) is 0.269. The molecule has 1 aromatic rings. The molecule has 2 aliphatic rings. The molecule has 0 radical (unpaired) electrons. The number of piperidine rings is 2. The van der Waals surface area contributed by atoms with Crippen molar-refractivity contribution in [3.63, 3.8) is 0 Å². The van der Waals surface area contributed by atoms with E-state index in [-0.39, 0.29) is 24.4 Å². The number of nitrogens with zero attached hydrogens (tertiary/aromatic N) is 2. The summed E-state index contributed by atoms with van der Waals surface area (Å²) in [4.78, 5) is 15.5. The molecule has 2 fully saturated rings. The standard InChI is InChI=1S/C20H29FN2O4/c1-14-11-17(3-4-18(14)21)27-13-20(26)12-23(10-7-19(20)25)16-5-8-22(9-6-16)15(2)24/h3-4,11,16,19,25-26H,5-10,12-13H2,1-2H3/t19-,20-/m0/s1. The Morgan fingerprint density at radius 1 is 1.30 bits per heavy atom. The predicted molar refractivity (Wildman–Crippen MR) is 99.1 cm³/mol. The number of likely N-dealkylation sites (tertiary alicyclic amines) is 2. The maximum absolute atomic E-state index is 13.4. The van der Waals surface area contributed by atoms with Gasteiger partial charge in [0.05, 0.1) is 6.10 Å². The smallest absolute Gasteiger partial charge is 0.219 e. The van der Waals surface area contributed by atoms with Crippen molar-refractivity contribution in [2.45, 2.75) is 50.9 Å². The Hall–Kier alpha value is -1.70. The molecule has 2 N–H and O–H groups in total. The quantitative estimate of drug-likeness (QED) is 0.824. The molecule has 1 aromatic carbocycles. The molecule has 6 nitrogen and oxygen atoms in total. The molecule has 27 heavy (non-hydrogen) atoms. The summed E-state index contributed by atoms with van der Waals surface area (Å²) in [5.41, 5.74) is -0.902. The SMILES string of the molecule is CC(=O)N1CCC(N2CC[C@H](O)[C@@](O)(COc3ccc(F)c(C)c3)C2)CC1. The molecule has 1 amide bonds. The van der Waals surface area contributed by atoms with Gasteiger partial charge in [-0.25, -0.2) is 4.39 Å². The van der Waals surface area contributed by atoms with Gasteiger partial charge in [-0.2, -0.15) is 0 Å². The van der Waals surface area contributed by atoms with E-state index in [1.54, 1.807) is 19.9 Å². The van der Waals surface area contributed by atoms with E-state index < -0.39 is 11.7 Å². The van der Waals surface area contributed by atoms with E-state index in [1.165, 1.54) is 12.1 Å². The molecule has 2 heterocycles. The first-order chi connectivity index (χ1) is 12.8. The number of benzene rings is 1. The van der Waals surface area contributed by atoms with Crippen molar-refractivity contribution in [2.75, 3.05) is 32.8 Å².